The number of nitrogens with one attached hydrogen (secondary N) is 2. The van der Waals surface area contributed by atoms with Gasteiger partial charge in [-0.25, -0.2) is 4.79 Å². The van der Waals surface area contributed by atoms with Gasteiger partial charge in [0, 0.05) is 35.9 Å². The summed E-state index contributed by atoms with van der Waals surface area (Å²) in [5, 5.41) is 7.61. The number of urea groups is 1. The molecule has 3 fully saturated rings. The van der Waals surface area contributed by atoms with Crippen LogP contribution in [-0.4, -0.2) is 42.2 Å². The Hall–Kier alpha value is -2.24. The molecular weight excluding hydrogens is 458 g/mol. The van der Waals surface area contributed by atoms with Crippen molar-refractivity contribution in [3.05, 3.63) is 59.1 Å². The van der Waals surface area contributed by atoms with Crippen molar-refractivity contribution in [2.24, 2.45) is 11.8 Å². The van der Waals surface area contributed by atoms with E-state index >= 15 is 0 Å². The average molecular weight is 496 g/mol. The number of benzene rings is 2. The molecule has 4 atom stereocenters. The summed E-state index contributed by atoms with van der Waals surface area (Å²) in [7, 11) is 0. The summed E-state index contributed by atoms with van der Waals surface area (Å²) in [6.45, 7) is 6.22. The molecule has 2 aromatic rings. The van der Waals surface area contributed by atoms with Crippen molar-refractivity contribution in [3.8, 4) is 5.75 Å². The van der Waals surface area contributed by atoms with Crippen LogP contribution in [-0.2, 0) is 0 Å². The van der Waals surface area contributed by atoms with Crippen LogP contribution in [0.3, 0.4) is 0 Å². The van der Waals surface area contributed by atoms with Crippen LogP contribution in [0.4, 0.5) is 10.5 Å². The second kappa shape index (κ2) is 10.8. The Bertz CT molecular complexity index is 972. The number of amides is 2. The van der Waals surface area contributed by atoms with E-state index in [9.17, 15) is 4.79 Å². The number of ether oxygens (including phenoxy) is 1. The van der Waals surface area contributed by atoms with Gasteiger partial charge in [0.05, 0.1) is 0 Å². The number of likely N-dealkylation sites (tertiary alicyclic amines) is 1. The fourth-order valence-electron chi connectivity index (χ4n) is 6.16. The number of anilines is 1. The maximum atomic E-state index is 12.8. The van der Waals surface area contributed by atoms with Crippen molar-refractivity contribution in [1.82, 2.24) is 10.2 Å². The zero-order chi connectivity index (χ0) is 24.4. The van der Waals surface area contributed by atoms with Crippen molar-refractivity contribution in [3.63, 3.8) is 0 Å². The largest absolute Gasteiger partial charge is 0.490 e. The topological polar surface area (TPSA) is 53.6 Å². The smallest absolute Gasteiger partial charge is 0.321 e. The second-order valence-corrected chi connectivity index (χ2v) is 11.5. The normalized spacial score (nSPS) is 27.0. The van der Waals surface area contributed by atoms with Gasteiger partial charge in [-0.2, -0.15) is 0 Å². The maximum Gasteiger partial charge on any atom is 0.321 e. The molecule has 3 heterocycles. The van der Waals surface area contributed by atoms with Crippen molar-refractivity contribution in [2.75, 3.05) is 18.4 Å². The van der Waals surface area contributed by atoms with Crippen LogP contribution < -0.4 is 15.4 Å². The van der Waals surface area contributed by atoms with Gasteiger partial charge < -0.3 is 20.3 Å². The standard InChI is InChI=1S/C29H38ClN3O2/c1-19(2)22-15-25-17-28(18-26(16-22)31-25)35-27-9-7-24(8-10-27)32-29(34)33-13-11-21(12-14-33)20-3-5-23(30)6-4-20/h3-10,19,21-22,25-26,28,31H,11-18H2,1-2H3,(H,32,34)/t22?,25-,26+,28+. The van der Waals surface area contributed by atoms with Crippen LogP contribution in [0.1, 0.15) is 63.9 Å². The minimum atomic E-state index is -0.0286. The summed E-state index contributed by atoms with van der Waals surface area (Å²) < 4.78 is 6.35. The van der Waals surface area contributed by atoms with Gasteiger partial charge in [-0.1, -0.05) is 37.6 Å². The number of halogens is 1. The molecule has 3 aliphatic heterocycles. The summed E-state index contributed by atoms with van der Waals surface area (Å²) >= 11 is 6.01. The van der Waals surface area contributed by atoms with Gasteiger partial charge in [0.2, 0.25) is 0 Å². The highest BCUT2D eigenvalue weighted by Crippen LogP contribution is 2.35. The van der Waals surface area contributed by atoms with Gasteiger partial charge in [-0.05, 0) is 98.2 Å². The van der Waals surface area contributed by atoms with Gasteiger partial charge in [0.25, 0.3) is 0 Å². The molecular formula is C29H38ClN3O2. The van der Waals surface area contributed by atoms with Crippen LogP contribution in [0.5, 0.6) is 5.75 Å². The zero-order valence-corrected chi connectivity index (χ0v) is 21.6. The molecule has 0 saturated carbocycles. The highest BCUT2D eigenvalue weighted by molar-refractivity contribution is 6.30. The number of piperidine rings is 3. The summed E-state index contributed by atoms with van der Waals surface area (Å²) in [6.07, 6.45) is 6.87. The van der Waals surface area contributed by atoms with Gasteiger partial charge in [0.15, 0.2) is 0 Å². The van der Waals surface area contributed by atoms with E-state index in [-0.39, 0.29) is 12.1 Å². The lowest BCUT2D eigenvalue weighted by Crippen LogP contribution is -2.54. The molecule has 0 aliphatic carbocycles. The molecule has 5 nitrogen and oxygen atoms in total. The van der Waals surface area contributed by atoms with E-state index in [1.54, 1.807) is 0 Å². The minimum Gasteiger partial charge on any atom is -0.490 e. The number of fused-ring (bicyclic) bond motifs is 2. The van der Waals surface area contributed by atoms with Gasteiger partial charge in [-0.3, -0.25) is 0 Å². The number of carbonyl (C=O) groups excluding carboxylic acids is 1. The Labute approximate surface area is 214 Å². The van der Waals surface area contributed by atoms with Crippen LogP contribution in [0.15, 0.2) is 48.5 Å². The molecule has 5 rings (SSSR count). The Morgan fingerprint density at radius 1 is 0.971 bits per heavy atom. The quantitative estimate of drug-likeness (QED) is 0.486. The fraction of sp³-hybridized carbons (Fsp3) is 0.552. The number of hydrogen-bond acceptors (Lipinski definition) is 3. The third kappa shape index (κ3) is 6.13. The van der Waals surface area contributed by atoms with Gasteiger partial charge >= 0.3 is 6.03 Å². The Morgan fingerprint density at radius 2 is 1.60 bits per heavy atom. The molecule has 3 aliphatic rings. The molecule has 6 heteroatoms. The number of hydrogen-bond donors (Lipinski definition) is 2. The Morgan fingerprint density at radius 3 is 2.20 bits per heavy atom. The first kappa shape index (κ1) is 24.5. The van der Waals surface area contributed by atoms with Gasteiger partial charge in [0.1, 0.15) is 11.9 Å². The van der Waals surface area contributed by atoms with Crippen molar-refractivity contribution >= 4 is 23.3 Å². The predicted octanol–water partition coefficient (Wildman–Crippen LogP) is 6.69. The average Bonchev–Trinajstić information content (AvgIpc) is 2.85. The highest BCUT2D eigenvalue weighted by Gasteiger charge is 2.37. The first-order valence-corrected chi connectivity index (χ1v) is 13.6. The van der Waals surface area contributed by atoms with Crippen molar-refractivity contribution in [2.45, 2.75) is 76.5 Å². The summed E-state index contributed by atoms with van der Waals surface area (Å²) in [4.78, 5) is 14.7. The monoisotopic (exact) mass is 495 g/mol. The van der Waals surface area contributed by atoms with E-state index in [1.807, 2.05) is 41.3 Å². The molecule has 3 saturated heterocycles. The van der Waals surface area contributed by atoms with Gasteiger partial charge in [-0.15, -0.1) is 0 Å². The summed E-state index contributed by atoms with van der Waals surface area (Å²) in [6, 6.07) is 17.1. The van der Waals surface area contributed by atoms with E-state index in [0.29, 0.717) is 18.0 Å². The predicted molar refractivity (Wildman–Crippen MR) is 142 cm³/mol. The van der Waals surface area contributed by atoms with E-state index in [2.05, 4.69) is 36.6 Å². The fourth-order valence-corrected chi connectivity index (χ4v) is 6.29. The Kier molecular flexibility index (Phi) is 7.54. The number of carbonyl (C=O) groups is 1. The lowest BCUT2D eigenvalue weighted by Gasteiger charge is -2.44. The molecule has 2 bridgehead atoms. The lowest BCUT2D eigenvalue weighted by molar-refractivity contribution is 0.0638. The summed E-state index contributed by atoms with van der Waals surface area (Å²) in [5.41, 5.74) is 2.12. The molecule has 2 N–H and O–H groups in total. The number of nitrogens with zero attached hydrogens (tertiary/aromatic N) is 1. The minimum absolute atomic E-state index is 0.0286. The van der Waals surface area contributed by atoms with Crippen molar-refractivity contribution < 1.29 is 9.53 Å². The molecule has 2 amide bonds. The zero-order valence-electron chi connectivity index (χ0n) is 20.9. The van der Waals surface area contributed by atoms with Crippen molar-refractivity contribution in [1.29, 1.82) is 0 Å². The van der Waals surface area contributed by atoms with Crippen LogP contribution >= 0.6 is 11.6 Å². The lowest BCUT2D eigenvalue weighted by atomic mass is 9.75. The van der Waals surface area contributed by atoms with Crippen LogP contribution in [0.2, 0.25) is 5.02 Å². The van der Waals surface area contributed by atoms with Crippen LogP contribution in [0, 0.1) is 11.8 Å². The summed E-state index contributed by atoms with van der Waals surface area (Å²) in [5.74, 6) is 2.96. The third-order valence-electron chi connectivity index (χ3n) is 8.22. The molecule has 0 radical (unpaired) electrons. The van der Waals surface area contributed by atoms with E-state index < -0.39 is 0 Å². The molecule has 2 aromatic carbocycles. The Balaban J connectivity index is 1.09. The van der Waals surface area contributed by atoms with E-state index in [1.165, 1.54) is 18.4 Å². The first-order valence-electron chi connectivity index (χ1n) is 13.3. The molecule has 35 heavy (non-hydrogen) atoms. The molecule has 0 spiro atoms. The third-order valence-corrected chi connectivity index (χ3v) is 8.47. The first-order chi connectivity index (χ1) is 16.9. The highest BCUT2D eigenvalue weighted by atomic mass is 35.5. The number of rotatable bonds is 5. The van der Waals surface area contributed by atoms with Crippen LogP contribution in [0.25, 0.3) is 0 Å². The molecule has 0 aromatic heterocycles. The second-order valence-electron chi connectivity index (χ2n) is 11.0. The molecule has 1 unspecified atom stereocenters. The SMILES string of the molecule is CC(C)C1C[C@@H]2C[C@H](Oc3ccc(NC(=O)N4CCC(c5ccc(Cl)cc5)CC4)cc3)C[C@H](C1)N2. The van der Waals surface area contributed by atoms with E-state index in [0.717, 1.165) is 67.1 Å². The molecule has 188 valence electrons. The maximum absolute atomic E-state index is 12.8. The van der Waals surface area contributed by atoms with E-state index in [4.69, 9.17) is 16.3 Å².